The van der Waals surface area contributed by atoms with Crippen LogP contribution in [0.15, 0.2) is 10.9 Å². The minimum absolute atomic E-state index is 0.0214. The Morgan fingerprint density at radius 2 is 2.00 bits per heavy atom. The Morgan fingerprint density at radius 1 is 1.30 bits per heavy atom. The number of pyridine rings is 1. The number of aliphatic carboxylic acids is 1. The summed E-state index contributed by atoms with van der Waals surface area (Å²) in [5, 5.41) is 12.5. The van der Waals surface area contributed by atoms with E-state index >= 15 is 0 Å². The summed E-state index contributed by atoms with van der Waals surface area (Å²) >= 11 is 0. The second-order valence-electron chi connectivity index (χ2n) is 8.11. The molecule has 0 bridgehead atoms. The Balaban J connectivity index is 1.89. The average Bonchev–Trinajstić information content (AvgIpc) is 2.84. The molecule has 2 aliphatic carbocycles. The van der Waals surface area contributed by atoms with Crippen LogP contribution in [0.5, 0.6) is 0 Å². The summed E-state index contributed by atoms with van der Waals surface area (Å²) in [7, 11) is 0. The van der Waals surface area contributed by atoms with Gasteiger partial charge in [-0.25, -0.2) is 4.79 Å². The van der Waals surface area contributed by atoms with E-state index in [9.17, 15) is 19.5 Å². The van der Waals surface area contributed by atoms with Gasteiger partial charge in [0.05, 0.1) is 6.10 Å². The lowest BCUT2D eigenvalue weighted by molar-refractivity contribution is -0.190. The van der Waals surface area contributed by atoms with Gasteiger partial charge in [-0.15, -0.1) is 0 Å². The van der Waals surface area contributed by atoms with E-state index in [1.54, 1.807) is 19.9 Å². The standard InChI is InChI=1S/C20H28N2O5/c1-4-27-15-11-20(18(25)26,19(15,2)3)22-17(24)13-10-12-8-6-5-7-9-14(12)21-16(13)23/h10,15H,4-9,11H2,1-3H3,(H,21,23)(H,22,24)(H,25,26). The van der Waals surface area contributed by atoms with E-state index in [0.29, 0.717) is 6.61 Å². The highest BCUT2D eigenvalue weighted by molar-refractivity contribution is 5.98. The van der Waals surface area contributed by atoms with E-state index < -0.39 is 28.4 Å². The second kappa shape index (κ2) is 7.11. The van der Waals surface area contributed by atoms with Gasteiger partial charge in [-0.2, -0.15) is 0 Å². The maximum Gasteiger partial charge on any atom is 0.330 e. The first-order valence-corrected chi connectivity index (χ1v) is 9.65. The normalized spacial score (nSPS) is 26.4. The zero-order valence-corrected chi connectivity index (χ0v) is 16.2. The van der Waals surface area contributed by atoms with Crippen molar-refractivity contribution in [1.29, 1.82) is 0 Å². The molecule has 0 saturated heterocycles. The summed E-state index contributed by atoms with van der Waals surface area (Å²) in [5.74, 6) is -1.75. The van der Waals surface area contributed by atoms with Gasteiger partial charge in [0.1, 0.15) is 11.1 Å². The summed E-state index contributed by atoms with van der Waals surface area (Å²) in [6.07, 6.45) is 4.66. The first-order chi connectivity index (χ1) is 12.7. The van der Waals surface area contributed by atoms with Crippen molar-refractivity contribution in [2.45, 2.75) is 70.9 Å². The van der Waals surface area contributed by atoms with Crippen LogP contribution in [-0.2, 0) is 22.4 Å². The van der Waals surface area contributed by atoms with Gasteiger partial charge in [-0.05, 0) is 44.2 Å². The van der Waals surface area contributed by atoms with Crippen LogP contribution in [0.25, 0.3) is 0 Å². The fourth-order valence-corrected chi connectivity index (χ4v) is 4.32. The van der Waals surface area contributed by atoms with Crippen molar-refractivity contribution >= 4 is 11.9 Å². The summed E-state index contributed by atoms with van der Waals surface area (Å²) in [6, 6.07) is 1.63. The third kappa shape index (κ3) is 3.18. The first kappa shape index (κ1) is 19.6. The quantitative estimate of drug-likeness (QED) is 0.682. The molecule has 7 heteroatoms. The van der Waals surface area contributed by atoms with Gasteiger partial charge in [0.15, 0.2) is 0 Å². The molecule has 1 aromatic rings. The number of H-pyrrole nitrogens is 1. The van der Waals surface area contributed by atoms with Crippen LogP contribution in [0.4, 0.5) is 0 Å². The SMILES string of the molecule is CCOC1CC(NC(=O)c2cc3c([nH]c2=O)CCCCC3)(C(=O)O)C1(C)C. The van der Waals surface area contributed by atoms with Crippen molar-refractivity contribution in [2.75, 3.05) is 6.61 Å². The predicted octanol–water partition coefficient (Wildman–Crippen LogP) is 2.03. The summed E-state index contributed by atoms with van der Waals surface area (Å²) in [6.45, 7) is 5.87. The van der Waals surface area contributed by atoms with Gasteiger partial charge >= 0.3 is 5.97 Å². The third-order valence-electron chi connectivity index (χ3n) is 6.29. The molecule has 2 unspecified atom stereocenters. The number of rotatable bonds is 5. The maximum absolute atomic E-state index is 12.9. The lowest BCUT2D eigenvalue weighted by Gasteiger charge is -2.58. The zero-order chi connectivity index (χ0) is 19.8. The average molecular weight is 376 g/mol. The van der Waals surface area contributed by atoms with Crippen LogP contribution in [0.3, 0.4) is 0 Å². The van der Waals surface area contributed by atoms with Crippen LogP contribution in [0, 0.1) is 5.41 Å². The molecule has 27 heavy (non-hydrogen) atoms. The van der Waals surface area contributed by atoms with Crippen molar-refractivity contribution in [1.82, 2.24) is 10.3 Å². The molecule has 3 rings (SSSR count). The maximum atomic E-state index is 12.9. The van der Waals surface area contributed by atoms with Crippen molar-refractivity contribution in [3.05, 3.63) is 33.2 Å². The summed E-state index contributed by atoms with van der Waals surface area (Å²) < 4.78 is 5.62. The minimum Gasteiger partial charge on any atom is -0.479 e. The molecule has 7 nitrogen and oxygen atoms in total. The van der Waals surface area contributed by atoms with Gasteiger partial charge in [0, 0.05) is 24.1 Å². The van der Waals surface area contributed by atoms with E-state index in [1.165, 1.54) is 0 Å². The van der Waals surface area contributed by atoms with Gasteiger partial charge in [0.2, 0.25) is 0 Å². The first-order valence-electron chi connectivity index (χ1n) is 9.65. The molecule has 1 fully saturated rings. The molecule has 148 valence electrons. The van der Waals surface area contributed by atoms with E-state index in [1.807, 2.05) is 6.92 Å². The lowest BCUT2D eigenvalue weighted by atomic mass is 9.54. The number of amides is 1. The highest BCUT2D eigenvalue weighted by Crippen LogP contribution is 2.51. The van der Waals surface area contributed by atoms with Crippen molar-refractivity contribution in [3.63, 3.8) is 0 Å². The number of aryl methyl sites for hydroxylation is 2. The highest BCUT2D eigenvalue weighted by Gasteiger charge is 2.66. The van der Waals surface area contributed by atoms with E-state index in [0.717, 1.165) is 43.4 Å². The number of aromatic amines is 1. The summed E-state index contributed by atoms with van der Waals surface area (Å²) in [4.78, 5) is 40.2. The fraction of sp³-hybridized carbons (Fsp3) is 0.650. The zero-order valence-electron chi connectivity index (χ0n) is 16.2. The lowest BCUT2D eigenvalue weighted by Crippen LogP contribution is -2.76. The third-order valence-corrected chi connectivity index (χ3v) is 6.29. The molecule has 2 aliphatic rings. The Bertz CT molecular complexity index is 813. The number of carbonyl (C=O) groups excluding carboxylic acids is 1. The molecular formula is C20H28N2O5. The van der Waals surface area contributed by atoms with Crippen LogP contribution >= 0.6 is 0 Å². The monoisotopic (exact) mass is 376 g/mol. The van der Waals surface area contributed by atoms with Crippen LogP contribution < -0.4 is 10.9 Å². The fourth-order valence-electron chi connectivity index (χ4n) is 4.32. The van der Waals surface area contributed by atoms with Crippen molar-refractivity contribution < 1.29 is 19.4 Å². The predicted molar refractivity (Wildman–Crippen MR) is 100.0 cm³/mol. The summed E-state index contributed by atoms with van der Waals surface area (Å²) in [5.41, 5.74) is -0.866. The molecule has 1 saturated carbocycles. The van der Waals surface area contributed by atoms with Gasteiger partial charge < -0.3 is 20.1 Å². The van der Waals surface area contributed by atoms with Crippen molar-refractivity contribution in [3.8, 4) is 0 Å². The Morgan fingerprint density at radius 3 is 2.63 bits per heavy atom. The molecule has 1 heterocycles. The molecular weight excluding hydrogens is 348 g/mol. The van der Waals surface area contributed by atoms with Crippen LogP contribution in [0.2, 0.25) is 0 Å². The van der Waals surface area contributed by atoms with E-state index in [-0.39, 0.29) is 18.1 Å². The molecule has 0 aliphatic heterocycles. The molecule has 1 amide bonds. The number of carboxylic acids is 1. The molecule has 1 aromatic heterocycles. The second-order valence-corrected chi connectivity index (χ2v) is 8.11. The number of carbonyl (C=O) groups is 2. The molecule has 3 N–H and O–H groups in total. The van der Waals surface area contributed by atoms with E-state index in [4.69, 9.17) is 4.74 Å². The topological polar surface area (TPSA) is 108 Å². The minimum atomic E-state index is -1.46. The number of carboxylic acid groups (broad SMARTS) is 1. The highest BCUT2D eigenvalue weighted by atomic mass is 16.5. The smallest absolute Gasteiger partial charge is 0.330 e. The van der Waals surface area contributed by atoms with Gasteiger partial charge in [-0.1, -0.05) is 20.3 Å². The Hall–Kier alpha value is -2.15. The Labute approximate surface area is 158 Å². The molecule has 0 aromatic carbocycles. The van der Waals surface area contributed by atoms with Gasteiger partial charge in [-0.3, -0.25) is 9.59 Å². The Kier molecular flexibility index (Phi) is 5.16. The molecule has 0 radical (unpaired) electrons. The van der Waals surface area contributed by atoms with Crippen LogP contribution in [0.1, 0.15) is 68.1 Å². The molecule has 2 atom stereocenters. The van der Waals surface area contributed by atoms with Crippen LogP contribution in [-0.4, -0.2) is 40.2 Å². The number of ether oxygens (including phenoxy) is 1. The molecule has 0 spiro atoms. The number of nitrogens with one attached hydrogen (secondary N) is 2. The number of aromatic nitrogens is 1. The number of hydrogen-bond donors (Lipinski definition) is 3. The van der Waals surface area contributed by atoms with Gasteiger partial charge in [0.25, 0.3) is 11.5 Å². The number of hydrogen-bond acceptors (Lipinski definition) is 4. The number of fused-ring (bicyclic) bond motifs is 1. The van der Waals surface area contributed by atoms with Crippen molar-refractivity contribution in [2.24, 2.45) is 5.41 Å². The largest absolute Gasteiger partial charge is 0.479 e. The van der Waals surface area contributed by atoms with E-state index in [2.05, 4.69) is 10.3 Å².